The number of hydrogen-bond donors (Lipinski definition) is 2. The molecule has 0 saturated heterocycles. The fourth-order valence-electron chi connectivity index (χ4n) is 3.33. The topological polar surface area (TPSA) is 121 Å². The molecule has 1 aromatic heterocycles. The number of aryl methyl sites for hydroxylation is 1. The van der Waals surface area contributed by atoms with Crippen LogP contribution < -0.4 is 30.4 Å². The number of rotatable bonds is 11. The number of nitrogens with zero attached hydrogens (tertiary/aromatic N) is 2. The Morgan fingerprint density at radius 2 is 1.65 bits per heavy atom. The van der Waals surface area contributed by atoms with E-state index in [0.29, 0.717) is 41.9 Å². The zero-order valence-corrected chi connectivity index (χ0v) is 19.4. The Hall–Kier alpha value is -4.08. The summed E-state index contributed by atoms with van der Waals surface area (Å²) in [5.41, 5.74) is 1.19. The van der Waals surface area contributed by atoms with Crippen molar-refractivity contribution >= 4 is 22.7 Å². The van der Waals surface area contributed by atoms with Crippen LogP contribution in [0.5, 0.6) is 17.2 Å². The van der Waals surface area contributed by atoms with Crippen LogP contribution in [0.15, 0.2) is 47.5 Å². The summed E-state index contributed by atoms with van der Waals surface area (Å²) in [6.07, 6.45) is 2.03. The second-order valence-corrected chi connectivity index (χ2v) is 7.47. The first-order valence-electron chi connectivity index (χ1n) is 10.7. The van der Waals surface area contributed by atoms with Gasteiger partial charge in [0.15, 0.2) is 11.5 Å². The quantitative estimate of drug-likeness (QED) is 0.439. The number of fused-ring (bicyclic) bond motifs is 1. The van der Waals surface area contributed by atoms with Crippen molar-refractivity contribution in [3.63, 3.8) is 0 Å². The highest BCUT2D eigenvalue weighted by Crippen LogP contribution is 2.29. The van der Waals surface area contributed by atoms with Gasteiger partial charge in [-0.3, -0.25) is 19.0 Å². The highest BCUT2D eigenvalue weighted by molar-refractivity contribution is 5.84. The zero-order valence-electron chi connectivity index (χ0n) is 19.4. The van der Waals surface area contributed by atoms with Crippen molar-refractivity contribution in [3.8, 4) is 17.2 Å². The van der Waals surface area contributed by atoms with E-state index in [9.17, 15) is 14.4 Å². The Balaban J connectivity index is 1.45. The number of methoxy groups -OCH3 is 3. The Labute approximate surface area is 196 Å². The first-order chi connectivity index (χ1) is 16.4. The van der Waals surface area contributed by atoms with Gasteiger partial charge in [-0.25, -0.2) is 4.98 Å². The summed E-state index contributed by atoms with van der Waals surface area (Å²) in [6, 6.07) is 10.6. The number of benzene rings is 2. The summed E-state index contributed by atoms with van der Waals surface area (Å²) in [6.45, 7) is 0.550. The van der Waals surface area contributed by atoms with E-state index in [1.807, 2.05) is 24.3 Å². The summed E-state index contributed by atoms with van der Waals surface area (Å²) < 4.78 is 17.0. The minimum Gasteiger partial charge on any atom is -0.497 e. The molecular formula is C24H28N4O6. The lowest BCUT2D eigenvalue weighted by molar-refractivity contribution is -0.126. The molecule has 3 aromatic rings. The van der Waals surface area contributed by atoms with Crippen LogP contribution >= 0.6 is 0 Å². The molecule has 3 rings (SSSR count). The van der Waals surface area contributed by atoms with Gasteiger partial charge in [0.25, 0.3) is 5.56 Å². The number of ether oxygens (including phenoxy) is 3. The molecule has 2 N–H and O–H groups in total. The molecule has 0 saturated carbocycles. The molecule has 0 aliphatic rings. The van der Waals surface area contributed by atoms with Crippen molar-refractivity contribution < 1.29 is 23.8 Å². The monoisotopic (exact) mass is 468 g/mol. The van der Waals surface area contributed by atoms with Crippen LogP contribution in [0.2, 0.25) is 0 Å². The van der Waals surface area contributed by atoms with E-state index in [1.165, 1.54) is 25.1 Å². The van der Waals surface area contributed by atoms with Crippen molar-refractivity contribution in [3.05, 3.63) is 58.6 Å². The van der Waals surface area contributed by atoms with Crippen molar-refractivity contribution in [2.24, 2.45) is 0 Å². The smallest absolute Gasteiger partial charge is 0.261 e. The van der Waals surface area contributed by atoms with Gasteiger partial charge in [-0.15, -0.1) is 0 Å². The Kier molecular flexibility index (Phi) is 8.44. The van der Waals surface area contributed by atoms with Gasteiger partial charge in [0.05, 0.1) is 45.1 Å². The fraction of sp³-hybridized carbons (Fsp3) is 0.333. The standard InChI is InChI=1S/C24H28N4O6/c1-32-17-8-6-16(7-9-17)13-25-23(30)14-26-22(29)5-4-10-28-15-27-19-12-21(34-3)20(33-2)11-18(19)24(28)31/h6-9,11-12,15H,4-5,10,13-14H2,1-3H3,(H,25,30)(H,26,29). The first kappa shape index (κ1) is 24.6. The average molecular weight is 469 g/mol. The van der Waals surface area contributed by atoms with Gasteiger partial charge >= 0.3 is 0 Å². The third kappa shape index (κ3) is 6.25. The second kappa shape index (κ2) is 11.7. The predicted molar refractivity (Wildman–Crippen MR) is 126 cm³/mol. The van der Waals surface area contributed by atoms with Gasteiger partial charge in [0.1, 0.15) is 5.75 Å². The minimum absolute atomic E-state index is 0.117. The molecular weight excluding hydrogens is 440 g/mol. The Morgan fingerprint density at radius 1 is 0.941 bits per heavy atom. The molecule has 1 heterocycles. The van der Waals surface area contributed by atoms with Crippen LogP contribution in [-0.2, 0) is 22.7 Å². The summed E-state index contributed by atoms with van der Waals surface area (Å²) in [4.78, 5) is 41.2. The van der Waals surface area contributed by atoms with Gasteiger partial charge in [-0.05, 0) is 30.2 Å². The number of aromatic nitrogens is 2. The van der Waals surface area contributed by atoms with Crippen molar-refractivity contribution in [2.45, 2.75) is 25.9 Å². The summed E-state index contributed by atoms with van der Waals surface area (Å²) in [7, 11) is 4.60. The molecule has 0 bridgehead atoms. The highest BCUT2D eigenvalue weighted by atomic mass is 16.5. The van der Waals surface area contributed by atoms with Crippen molar-refractivity contribution in [2.75, 3.05) is 27.9 Å². The Bertz CT molecular complexity index is 1210. The van der Waals surface area contributed by atoms with E-state index in [2.05, 4.69) is 15.6 Å². The molecule has 0 aliphatic carbocycles. The maximum absolute atomic E-state index is 12.8. The lowest BCUT2D eigenvalue weighted by Crippen LogP contribution is -2.36. The predicted octanol–water partition coefficient (Wildman–Crippen LogP) is 1.64. The largest absolute Gasteiger partial charge is 0.497 e. The average Bonchev–Trinajstić information content (AvgIpc) is 2.87. The summed E-state index contributed by atoms with van der Waals surface area (Å²) in [5.74, 6) is 1.11. The van der Waals surface area contributed by atoms with Gasteiger partial charge in [-0.1, -0.05) is 12.1 Å². The number of carbonyl (C=O) groups excluding carboxylic acids is 2. The van der Waals surface area contributed by atoms with Gasteiger partial charge in [0.2, 0.25) is 11.8 Å². The van der Waals surface area contributed by atoms with Crippen LogP contribution in [0.3, 0.4) is 0 Å². The molecule has 0 fully saturated rings. The molecule has 34 heavy (non-hydrogen) atoms. The molecule has 10 heteroatoms. The van der Waals surface area contributed by atoms with Crippen LogP contribution in [-0.4, -0.2) is 49.2 Å². The third-order valence-corrected chi connectivity index (χ3v) is 5.23. The molecule has 180 valence electrons. The molecule has 0 atom stereocenters. The number of hydrogen-bond acceptors (Lipinski definition) is 7. The second-order valence-electron chi connectivity index (χ2n) is 7.47. The number of nitrogens with one attached hydrogen (secondary N) is 2. The van der Waals surface area contributed by atoms with E-state index in [0.717, 1.165) is 11.3 Å². The maximum atomic E-state index is 12.8. The van der Waals surface area contributed by atoms with Crippen LogP contribution in [0.4, 0.5) is 0 Å². The molecule has 0 spiro atoms. The highest BCUT2D eigenvalue weighted by Gasteiger charge is 2.12. The summed E-state index contributed by atoms with van der Waals surface area (Å²) in [5, 5.41) is 5.74. The maximum Gasteiger partial charge on any atom is 0.261 e. The molecule has 0 radical (unpaired) electrons. The van der Waals surface area contributed by atoms with Gasteiger partial charge < -0.3 is 24.8 Å². The molecule has 0 aliphatic heterocycles. The van der Waals surface area contributed by atoms with Crippen molar-refractivity contribution in [1.29, 1.82) is 0 Å². The lowest BCUT2D eigenvalue weighted by atomic mass is 10.2. The number of carbonyl (C=O) groups is 2. The van der Waals surface area contributed by atoms with E-state index >= 15 is 0 Å². The van der Waals surface area contributed by atoms with Crippen LogP contribution in [0, 0.1) is 0 Å². The number of amides is 2. The van der Waals surface area contributed by atoms with Crippen molar-refractivity contribution in [1.82, 2.24) is 20.2 Å². The van der Waals surface area contributed by atoms with E-state index in [1.54, 1.807) is 19.2 Å². The van der Waals surface area contributed by atoms with Gasteiger partial charge in [0, 0.05) is 25.6 Å². The zero-order chi connectivity index (χ0) is 24.5. The van der Waals surface area contributed by atoms with Gasteiger partial charge in [-0.2, -0.15) is 0 Å². The van der Waals surface area contributed by atoms with E-state index in [-0.39, 0.29) is 30.3 Å². The summed E-state index contributed by atoms with van der Waals surface area (Å²) >= 11 is 0. The first-order valence-corrected chi connectivity index (χ1v) is 10.7. The SMILES string of the molecule is COc1ccc(CNC(=O)CNC(=O)CCCn2cnc3cc(OC)c(OC)cc3c2=O)cc1. The Morgan fingerprint density at radius 3 is 2.32 bits per heavy atom. The molecule has 0 unspecified atom stereocenters. The van der Waals surface area contributed by atoms with E-state index in [4.69, 9.17) is 14.2 Å². The molecule has 2 amide bonds. The van der Waals surface area contributed by atoms with E-state index < -0.39 is 0 Å². The minimum atomic E-state index is -0.288. The van der Waals surface area contributed by atoms with Crippen LogP contribution in [0.1, 0.15) is 18.4 Å². The normalized spacial score (nSPS) is 10.6. The lowest BCUT2D eigenvalue weighted by Gasteiger charge is -2.11. The molecule has 2 aromatic carbocycles. The fourth-order valence-corrected chi connectivity index (χ4v) is 3.33. The molecule has 10 nitrogen and oxygen atoms in total. The third-order valence-electron chi connectivity index (χ3n) is 5.23. The van der Waals surface area contributed by atoms with Crippen LogP contribution in [0.25, 0.3) is 10.9 Å².